The molecule has 25 heavy (non-hydrogen) atoms. The van der Waals surface area contributed by atoms with E-state index in [1.54, 1.807) is 37.6 Å². The molecule has 0 aromatic heterocycles. The van der Waals surface area contributed by atoms with Crippen LogP contribution in [0.3, 0.4) is 0 Å². The quantitative estimate of drug-likeness (QED) is 0.332. The molecule has 5 nitrogen and oxygen atoms in total. The minimum absolute atomic E-state index is 0.270. The number of methoxy groups -OCH3 is 1. The van der Waals surface area contributed by atoms with Gasteiger partial charge in [0.15, 0.2) is 11.5 Å². The first kappa shape index (κ1) is 19.7. The van der Waals surface area contributed by atoms with Crippen molar-refractivity contribution in [3.63, 3.8) is 0 Å². The number of benzene rings is 2. The molecular formula is C18H18BrIN2O3. The van der Waals surface area contributed by atoms with Gasteiger partial charge in [-0.1, -0.05) is 22.9 Å². The molecule has 0 saturated heterocycles. The number of ether oxygens (including phenoxy) is 2. The van der Waals surface area contributed by atoms with Crippen LogP contribution in [0.1, 0.15) is 29.3 Å². The summed E-state index contributed by atoms with van der Waals surface area (Å²) in [4.78, 5) is 12.0. The van der Waals surface area contributed by atoms with Gasteiger partial charge in [-0.15, -0.1) is 0 Å². The Kier molecular flexibility index (Phi) is 7.70. The average molecular weight is 517 g/mol. The van der Waals surface area contributed by atoms with E-state index in [4.69, 9.17) is 9.47 Å². The fourth-order valence-electron chi connectivity index (χ4n) is 1.99. The molecule has 0 aliphatic carbocycles. The second kappa shape index (κ2) is 9.76. The molecule has 0 bridgehead atoms. The summed E-state index contributed by atoms with van der Waals surface area (Å²) < 4.78 is 12.9. The Bertz CT molecular complexity index is 764. The predicted molar refractivity (Wildman–Crippen MR) is 111 cm³/mol. The number of nitrogens with one attached hydrogen (secondary N) is 1. The lowest BCUT2D eigenvalue weighted by atomic mass is 10.2. The molecule has 0 unspecified atom stereocenters. The number of halogens is 2. The number of rotatable bonds is 7. The lowest BCUT2D eigenvalue weighted by molar-refractivity contribution is 0.0955. The highest BCUT2D eigenvalue weighted by atomic mass is 127. The maximum absolute atomic E-state index is 12.0. The van der Waals surface area contributed by atoms with Gasteiger partial charge in [0.25, 0.3) is 5.91 Å². The van der Waals surface area contributed by atoms with Gasteiger partial charge in [-0.05, 0) is 71.0 Å². The van der Waals surface area contributed by atoms with Crippen molar-refractivity contribution in [2.24, 2.45) is 5.10 Å². The van der Waals surface area contributed by atoms with Crippen molar-refractivity contribution < 1.29 is 14.3 Å². The Labute approximate surface area is 169 Å². The first-order valence-corrected chi connectivity index (χ1v) is 9.51. The highest BCUT2D eigenvalue weighted by molar-refractivity contribution is 14.1. The summed E-state index contributed by atoms with van der Waals surface area (Å²) in [6, 6.07) is 10.8. The zero-order chi connectivity index (χ0) is 18.2. The summed E-state index contributed by atoms with van der Waals surface area (Å²) >= 11 is 5.53. The van der Waals surface area contributed by atoms with Gasteiger partial charge in [0.1, 0.15) is 0 Å². The van der Waals surface area contributed by atoms with Crippen LogP contribution in [0.5, 0.6) is 11.5 Å². The molecule has 1 amide bonds. The minimum Gasteiger partial charge on any atom is -0.493 e. The number of hydrogen-bond acceptors (Lipinski definition) is 4. The Hall–Kier alpha value is -1.61. The standard InChI is InChI=1S/C18H18BrIN2O3/c1-3-8-25-17-15(20)9-12(10-16(17)24-2)11-21-22-18(23)13-4-6-14(19)7-5-13/h4-7,9-11H,3,8H2,1-2H3,(H,22,23)/b21-11+. The fraction of sp³-hybridized carbons (Fsp3) is 0.222. The van der Waals surface area contributed by atoms with Crippen molar-refractivity contribution in [2.75, 3.05) is 13.7 Å². The molecule has 2 aromatic rings. The van der Waals surface area contributed by atoms with Gasteiger partial charge in [-0.25, -0.2) is 5.43 Å². The third-order valence-electron chi connectivity index (χ3n) is 3.19. The zero-order valence-corrected chi connectivity index (χ0v) is 17.6. The second-order valence-electron chi connectivity index (χ2n) is 5.09. The van der Waals surface area contributed by atoms with E-state index in [0.29, 0.717) is 17.9 Å². The molecule has 1 N–H and O–H groups in total. The highest BCUT2D eigenvalue weighted by Crippen LogP contribution is 2.33. The first-order chi connectivity index (χ1) is 12.0. The van der Waals surface area contributed by atoms with Crippen LogP contribution in [0.4, 0.5) is 0 Å². The third-order valence-corrected chi connectivity index (χ3v) is 4.52. The van der Waals surface area contributed by atoms with Crippen LogP contribution in [0.25, 0.3) is 0 Å². The Morgan fingerprint density at radius 3 is 2.68 bits per heavy atom. The highest BCUT2D eigenvalue weighted by Gasteiger charge is 2.11. The van der Waals surface area contributed by atoms with Crippen molar-refractivity contribution in [3.05, 3.63) is 55.6 Å². The monoisotopic (exact) mass is 516 g/mol. The normalized spacial score (nSPS) is 10.7. The molecule has 132 valence electrons. The van der Waals surface area contributed by atoms with Crippen molar-refractivity contribution in [1.82, 2.24) is 5.43 Å². The number of carbonyl (C=O) groups excluding carboxylic acids is 1. The van der Waals surface area contributed by atoms with Gasteiger partial charge in [0, 0.05) is 10.0 Å². The van der Waals surface area contributed by atoms with E-state index in [1.807, 2.05) is 12.1 Å². The lowest BCUT2D eigenvalue weighted by Gasteiger charge is -2.12. The summed E-state index contributed by atoms with van der Waals surface area (Å²) in [5.74, 6) is 1.09. The maximum atomic E-state index is 12.0. The molecule has 2 rings (SSSR count). The van der Waals surface area contributed by atoms with E-state index in [9.17, 15) is 4.79 Å². The first-order valence-electron chi connectivity index (χ1n) is 7.64. The number of nitrogens with zero attached hydrogens (tertiary/aromatic N) is 1. The number of hydrazone groups is 1. The Morgan fingerprint density at radius 2 is 2.04 bits per heavy atom. The van der Waals surface area contributed by atoms with E-state index in [-0.39, 0.29) is 5.91 Å². The molecule has 0 aliphatic rings. The van der Waals surface area contributed by atoms with Gasteiger partial charge in [0.2, 0.25) is 0 Å². The average Bonchev–Trinajstić information content (AvgIpc) is 2.61. The summed E-state index contributed by atoms with van der Waals surface area (Å²) in [6.45, 7) is 2.68. The Balaban J connectivity index is 2.08. The maximum Gasteiger partial charge on any atom is 0.271 e. The molecular weight excluding hydrogens is 499 g/mol. The van der Waals surface area contributed by atoms with Crippen LogP contribution < -0.4 is 14.9 Å². The van der Waals surface area contributed by atoms with E-state index >= 15 is 0 Å². The predicted octanol–water partition coefficient (Wildman–Crippen LogP) is 4.62. The fourth-order valence-corrected chi connectivity index (χ4v) is 3.04. The number of carbonyl (C=O) groups is 1. The molecule has 0 spiro atoms. The van der Waals surface area contributed by atoms with Gasteiger partial charge >= 0.3 is 0 Å². The molecule has 0 atom stereocenters. The molecule has 7 heteroatoms. The van der Waals surface area contributed by atoms with Crippen molar-refractivity contribution in [1.29, 1.82) is 0 Å². The second-order valence-corrected chi connectivity index (χ2v) is 7.17. The topological polar surface area (TPSA) is 59.9 Å². The van der Waals surface area contributed by atoms with Crippen molar-refractivity contribution in [3.8, 4) is 11.5 Å². The lowest BCUT2D eigenvalue weighted by Crippen LogP contribution is -2.17. The SMILES string of the molecule is CCCOc1c(I)cc(/C=N/NC(=O)c2ccc(Br)cc2)cc1OC. The summed E-state index contributed by atoms with van der Waals surface area (Å²) in [7, 11) is 1.60. The van der Waals surface area contributed by atoms with E-state index in [1.165, 1.54) is 0 Å². The Morgan fingerprint density at radius 1 is 1.32 bits per heavy atom. The summed E-state index contributed by atoms with van der Waals surface area (Å²) in [5, 5.41) is 4.01. The molecule has 0 radical (unpaired) electrons. The van der Waals surface area contributed by atoms with Gasteiger partial charge in [-0.2, -0.15) is 5.10 Å². The molecule has 0 saturated carbocycles. The van der Waals surface area contributed by atoms with Gasteiger partial charge in [-0.3, -0.25) is 4.79 Å². The van der Waals surface area contributed by atoms with Gasteiger partial charge in [0.05, 0.1) is 23.5 Å². The molecule has 0 heterocycles. The molecule has 0 fully saturated rings. The summed E-state index contributed by atoms with van der Waals surface area (Å²) in [6.07, 6.45) is 2.50. The largest absolute Gasteiger partial charge is 0.493 e. The zero-order valence-electron chi connectivity index (χ0n) is 13.9. The van der Waals surface area contributed by atoms with Crippen LogP contribution >= 0.6 is 38.5 Å². The van der Waals surface area contributed by atoms with E-state index in [0.717, 1.165) is 25.8 Å². The smallest absolute Gasteiger partial charge is 0.271 e. The van der Waals surface area contributed by atoms with E-state index in [2.05, 4.69) is 56.0 Å². The van der Waals surface area contributed by atoms with Crippen LogP contribution in [0, 0.1) is 3.57 Å². The van der Waals surface area contributed by atoms with Crippen molar-refractivity contribution in [2.45, 2.75) is 13.3 Å². The van der Waals surface area contributed by atoms with Gasteiger partial charge < -0.3 is 9.47 Å². The molecule has 2 aromatic carbocycles. The van der Waals surface area contributed by atoms with Crippen LogP contribution in [0.15, 0.2) is 46.0 Å². The molecule has 0 aliphatic heterocycles. The number of hydrogen-bond donors (Lipinski definition) is 1. The van der Waals surface area contributed by atoms with Crippen molar-refractivity contribution >= 4 is 50.6 Å². The van der Waals surface area contributed by atoms with Crippen LogP contribution in [0.2, 0.25) is 0 Å². The summed E-state index contributed by atoms with van der Waals surface area (Å²) in [5.41, 5.74) is 3.86. The van der Waals surface area contributed by atoms with E-state index < -0.39 is 0 Å². The third kappa shape index (κ3) is 5.71. The van der Waals surface area contributed by atoms with Crippen LogP contribution in [-0.4, -0.2) is 25.8 Å². The number of amides is 1. The minimum atomic E-state index is -0.270. The van der Waals surface area contributed by atoms with Crippen LogP contribution in [-0.2, 0) is 0 Å².